The minimum atomic E-state index is -1.02. The van der Waals surface area contributed by atoms with Crippen LogP contribution in [-0.4, -0.2) is 30.6 Å². The van der Waals surface area contributed by atoms with Gasteiger partial charge in [-0.05, 0) is 64.6 Å². The monoisotopic (exact) mass is 422 g/mol. The van der Waals surface area contributed by atoms with E-state index in [0.29, 0.717) is 22.4 Å². The van der Waals surface area contributed by atoms with E-state index >= 15 is 0 Å². The summed E-state index contributed by atoms with van der Waals surface area (Å²) in [6.07, 6.45) is 1.12. The maximum atomic E-state index is 13.4. The van der Waals surface area contributed by atoms with Crippen molar-refractivity contribution >= 4 is 11.8 Å². The summed E-state index contributed by atoms with van der Waals surface area (Å²) in [4.78, 5) is 25.0. The molecule has 2 aliphatic rings. The molecule has 0 saturated heterocycles. The van der Waals surface area contributed by atoms with Crippen LogP contribution in [-0.2, 0) is 15.6 Å². The number of carbonyl (C=O) groups excluding carboxylic acids is 2. The van der Waals surface area contributed by atoms with Crippen LogP contribution in [0, 0.1) is 5.92 Å². The van der Waals surface area contributed by atoms with Gasteiger partial charge in [-0.2, -0.15) is 0 Å². The van der Waals surface area contributed by atoms with Crippen LogP contribution in [0.1, 0.15) is 84.0 Å². The van der Waals surface area contributed by atoms with Crippen molar-refractivity contribution in [2.75, 3.05) is 13.7 Å². The SMILES string of the molecule is COC(=O)c1ccc(C(O)C2COc3cc4c(cc3C2=O)C(C)(C)CCC4(C)C)cc1. The highest BCUT2D eigenvalue weighted by Gasteiger charge is 2.41. The first-order valence-electron chi connectivity index (χ1n) is 10.8. The largest absolute Gasteiger partial charge is 0.492 e. The lowest BCUT2D eigenvalue weighted by Crippen LogP contribution is -2.37. The number of hydrogen-bond donors (Lipinski definition) is 1. The second-order valence-corrected chi connectivity index (χ2v) is 10.0. The number of carbonyl (C=O) groups is 2. The number of aliphatic hydroxyl groups excluding tert-OH is 1. The van der Waals surface area contributed by atoms with Crippen LogP contribution < -0.4 is 4.74 Å². The second-order valence-electron chi connectivity index (χ2n) is 10.0. The van der Waals surface area contributed by atoms with Gasteiger partial charge in [0.15, 0.2) is 5.78 Å². The molecular formula is C26H30O5. The molecule has 1 aliphatic heterocycles. The highest BCUT2D eigenvalue weighted by Crippen LogP contribution is 2.48. The topological polar surface area (TPSA) is 72.8 Å². The summed E-state index contributed by atoms with van der Waals surface area (Å²) in [6.45, 7) is 9.04. The van der Waals surface area contributed by atoms with Gasteiger partial charge in [0.1, 0.15) is 12.4 Å². The fourth-order valence-corrected chi connectivity index (χ4v) is 4.76. The summed E-state index contributed by atoms with van der Waals surface area (Å²) in [7, 11) is 1.32. The molecule has 4 rings (SSSR count). The van der Waals surface area contributed by atoms with Gasteiger partial charge >= 0.3 is 5.97 Å². The molecule has 0 fully saturated rings. The molecule has 0 bridgehead atoms. The molecule has 0 amide bonds. The Morgan fingerprint density at radius 3 is 2.23 bits per heavy atom. The number of esters is 1. The summed E-state index contributed by atoms with van der Waals surface area (Å²) >= 11 is 0. The Hall–Kier alpha value is -2.66. The smallest absolute Gasteiger partial charge is 0.337 e. The van der Waals surface area contributed by atoms with Crippen LogP contribution in [0.5, 0.6) is 5.75 Å². The summed E-state index contributed by atoms with van der Waals surface area (Å²) in [5, 5.41) is 10.9. The molecule has 0 spiro atoms. The zero-order valence-corrected chi connectivity index (χ0v) is 18.8. The predicted molar refractivity (Wildman–Crippen MR) is 118 cm³/mol. The third kappa shape index (κ3) is 3.65. The van der Waals surface area contributed by atoms with Crippen LogP contribution in [0.15, 0.2) is 36.4 Å². The predicted octanol–water partition coefficient (Wildman–Crippen LogP) is 4.75. The molecule has 2 aromatic rings. The minimum Gasteiger partial charge on any atom is -0.492 e. The van der Waals surface area contributed by atoms with Gasteiger partial charge in [0.2, 0.25) is 0 Å². The molecule has 5 nitrogen and oxygen atoms in total. The molecule has 0 saturated carbocycles. The number of rotatable bonds is 3. The van der Waals surface area contributed by atoms with Crippen molar-refractivity contribution in [3.63, 3.8) is 0 Å². The normalized spacial score (nSPS) is 22.0. The standard InChI is InChI=1S/C26H30O5/c1-25(2)10-11-26(3,4)20-13-21-17(12-19(20)25)23(28)18(14-31-21)22(27)15-6-8-16(9-7-15)24(29)30-5/h6-9,12-13,18,22,27H,10-11,14H2,1-5H3. The van der Waals surface area contributed by atoms with Gasteiger partial charge in [-0.25, -0.2) is 4.79 Å². The molecule has 164 valence electrons. The molecule has 0 aromatic heterocycles. The number of Topliss-reactive ketones (excluding diaryl/α,β-unsaturated/α-hetero) is 1. The van der Waals surface area contributed by atoms with Gasteiger partial charge in [-0.15, -0.1) is 0 Å². The van der Waals surface area contributed by atoms with Crippen molar-refractivity contribution < 1.29 is 24.2 Å². The van der Waals surface area contributed by atoms with Crippen molar-refractivity contribution in [1.29, 1.82) is 0 Å². The maximum absolute atomic E-state index is 13.4. The van der Waals surface area contributed by atoms with Gasteiger partial charge in [-0.1, -0.05) is 39.8 Å². The van der Waals surface area contributed by atoms with Crippen molar-refractivity contribution in [3.05, 3.63) is 64.2 Å². The molecule has 0 radical (unpaired) electrons. The van der Waals surface area contributed by atoms with Crippen molar-refractivity contribution in [1.82, 2.24) is 0 Å². The van der Waals surface area contributed by atoms with Gasteiger partial charge in [0.05, 0.1) is 30.3 Å². The van der Waals surface area contributed by atoms with Crippen LogP contribution >= 0.6 is 0 Å². The van der Waals surface area contributed by atoms with E-state index in [-0.39, 0.29) is 23.2 Å². The zero-order chi connectivity index (χ0) is 22.6. The second kappa shape index (κ2) is 7.49. The van der Waals surface area contributed by atoms with Gasteiger partial charge in [0, 0.05) is 0 Å². The maximum Gasteiger partial charge on any atom is 0.337 e. The van der Waals surface area contributed by atoms with Crippen molar-refractivity contribution in [3.8, 4) is 5.75 Å². The fraction of sp³-hybridized carbons (Fsp3) is 0.462. The fourth-order valence-electron chi connectivity index (χ4n) is 4.76. The van der Waals surface area contributed by atoms with Crippen LogP contribution in [0.25, 0.3) is 0 Å². The molecule has 5 heteroatoms. The van der Waals surface area contributed by atoms with E-state index in [9.17, 15) is 14.7 Å². The Kier molecular flexibility index (Phi) is 5.21. The Bertz CT molecular complexity index is 1030. The van der Waals surface area contributed by atoms with E-state index in [2.05, 4.69) is 27.7 Å². The average molecular weight is 423 g/mol. The molecule has 1 N–H and O–H groups in total. The minimum absolute atomic E-state index is 0.0184. The number of aliphatic hydroxyl groups is 1. The number of fused-ring (bicyclic) bond motifs is 2. The van der Waals surface area contributed by atoms with E-state index in [1.807, 2.05) is 12.1 Å². The van der Waals surface area contributed by atoms with E-state index in [1.54, 1.807) is 24.3 Å². The van der Waals surface area contributed by atoms with Crippen LogP contribution in [0.2, 0.25) is 0 Å². The number of hydrogen-bond acceptors (Lipinski definition) is 5. The number of benzene rings is 2. The van der Waals surface area contributed by atoms with E-state index in [0.717, 1.165) is 12.8 Å². The number of ether oxygens (including phenoxy) is 2. The highest BCUT2D eigenvalue weighted by atomic mass is 16.5. The first-order chi connectivity index (χ1) is 14.5. The van der Waals surface area contributed by atoms with Gasteiger partial charge in [0.25, 0.3) is 0 Å². The first-order valence-corrected chi connectivity index (χ1v) is 10.8. The average Bonchev–Trinajstić information content (AvgIpc) is 2.76. The summed E-state index contributed by atoms with van der Waals surface area (Å²) in [5.41, 5.74) is 3.96. The van der Waals surface area contributed by atoms with Gasteiger partial charge in [-0.3, -0.25) is 4.79 Å². The third-order valence-electron chi connectivity index (χ3n) is 7.03. The Morgan fingerprint density at radius 1 is 1.06 bits per heavy atom. The number of methoxy groups -OCH3 is 1. The molecule has 1 aliphatic carbocycles. The summed E-state index contributed by atoms with van der Waals surface area (Å²) < 4.78 is 10.7. The zero-order valence-electron chi connectivity index (χ0n) is 18.8. The van der Waals surface area contributed by atoms with Crippen molar-refractivity contribution in [2.24, 2.45) is 5.92 Å². The summed E-state index contributed by atoms with van der Waals surface area (Å²) in [5.74, 6) is -0.636. The van der Waals surface area contributed by atoms with Crippen LogP contribution in [0.3, 0.4) is 0 Å². The lowest BCUT2D eigenvalue weighted by molar-refractivity contribution is 0.0476. The van der Waals surface area contributed by atoms with Gasteiger partial charge < -0.3 is 14.6 Å². The molecular weight excluding hydrogens is 392 g/mol. The van der Waals surface area contributed by atoms with Crippen LogP contribution in [0.4, 0.5) is 0 Å². The van der Waals surface area contributed by atoms with E-state index in [4.69, 9.17) is 9.47 Å². The quantitative estimate of drug-likeness (QED) is 0.723. The molecule has 2 aromatic carbocycles. The van der Waals surface area contributed by atoms with E-state index in [1.165, 1.54) is 18.2 Å². The van der Waals surface area contributed by atoms with Crippen molar-refractivity contribution in [2.45, 2.75) is 57.5 Å². The number of ketones is 1. The molecule has 31 heavy (non-hydrogen) atoms. The molecule has 2 unspecified atom stereocenters. The first kappa shape index (κ1) is 21.6. The Morgan fingerprint density at radius 2 is 1.65 bits per heavy atom. The summed E-state index contributed by atoms with van der Waals surface area (Å²) in [6, 6.07) is 10.5. The lowest BCUT2D eigenvalue weighted by Gasteiger charge is -2.43. The highest BCUT2D eigenvalue weighted by molar-refractivity contribution is 6.02. The van der Waals surface area contributed by atoms with E-state index < -0.39 is 18.0 Å². The Balaban J connectivity index is 1.66. The Labute approximate surface area is 183 Å². The molecule has 1 heterocycles. The molecule has 2 atom stereocenters. The lowest BCUT2D eigenvalue weighted by atomic mass is 9.62. The third-order valence-corrected chi connectivity index (χ3v) is 7.03.